The highest BCUT2D eigenvalue weighted by molar-refractivity contribution is 5.94. The molecule has 1 heterocycles. The first-order valence-electron chi connectivity index (χ1n) is 6.00. The van der Waals surface area contributed by atoms with Crippen LogP contribution in [0.3, 0.4) is 0 Å². The van der Waals surface area contributed by atoms with Gasteiger partial charge >= 0.3 is 0 Å². The molecule has 5 nitrogen and oxygen atoms in total. The van der Waals surface area contributed by atoms with Crippen molar-refractivity contribution in [2.24, 2.45) is 11.8 Å². The Morgan fingerprint density at radius 1 is 1.39 bits per heavy atom. The van der Waals surface area contributed by atoms with Crippen molar-refractivity contribution in [3.05, 3.63) is 36.9 Å². The van der Waals surface area contributed by atoms with E-state index in [9.17, 15) is 4.79 Å². The summed E-state index contributed by atoms with van der Waals surface area (Å²) in [6, 6.07) is 7.56. The van der Waals surface area contributed by atoms with Gasteiger partial charge in [-0.2, -0.15) is 5.10 Å². The minimum atomic E-state index is 0.121. The van der Waals surface area contributed by atoms with Crippen molar-refractivity contribution in [1.29, 1.82) is 0 Å². The number of rotatable bonds is 3. The van der Waals surface area contributed by atoms with Crippen LogP contribution in [-0.2, 0) is 4.79 Å². The zero-order valence-electron chi connectivity index (χ0n) is 10.1. The molecule has 2 atom stereocenters. The predicted molar refractivity (Wildman–Crippen MR) is 67.3 cm³/mol. The Balaban J connectivity index is 1.69. The third-order valence-corrected chi connectivity index (χ3v) is 3.26. The number of amides is 1. The number of carbonyl (C=O) groups excluding carboxylic acids is 1. The topological polar surface area (TPSA) is 59.8 Å². The lowest BCUT2D eigenvalue weighted by atomic mass is 10.2. The van der Waals surface area contributed by atoms with E-state index < -0.39 is 0 Å². The number of hydrogen-bond acceptors (Lipinski definition) is 3. The van der Waals surface area contributed by atoms with Crippen molar-refractivity contribution >= 4 is 11.6 Å². The average Bonchev–Trinajstić information content (AvgIpc) is 2.91. The predicted octanol–water partition coefficient (Wildman–Crippen LogP) is 1.86. The van der Waals surface area contributed by atoms with E-state index >= 15 is 0 Å². The van der Waals surface area contributed by atoms with Crippen LogP contribution in [0, 0.1) is 11.8 Å². The van der Waals surface area contributed by atoms with Crippen molar-refractivity contribution in [2.45, 2.75) is 13.3 Å². The molecule has 5 heteroatoms. The van der Waals surface area contributed by atoms with Gasteiger partial charge in [0.05, 0.1) is 5.69 Å². The van der Waals surface area contributed by atoms with E-state index in [1.165, 1.54) is 6.33 Å². The largest absolute Gasteiger partial charge is 0.326 e. The maximum absolute atomic E-state index is 11.8. The van der Waals surface area contributed by atoms with Crippen LogP contribution < -0.4 is 5.32 Å². The summed E-state index contributed by atoms with van der Waals surface area (Å²) in [5.41, 5.74) is 1.74. The van der Waals surface area contributed by atoms with Crippen LogP contribution in [0.5, 0.6) is 0 Å². The molecule has 1 aromatic carbocycles. The first-order chi connectivity index (χ1) is 8.74. The van der Waals surface area contributed by atoms with Gasteiger partial charge in [-0.1, -0.05) is 6.92 Å². The second kappa shape index (κ2) is 4.25. The molecular formula is C13H14N4O. The van der Waals surface area contributed by atoms with Crippen LogP contribution in [0.1, 0.15) is 13.3 Å². The third kappa shape index (κ3) is 2.11. The maximum atomic E-state index is 11.8. The summed E-state index contributed by atoms with van der Waals surface area (Å²) >= 11 is 0. The van der Waals surface area contributed by atoms with E-state index in [1.54, 1.807) is 11.0 Å². The average molecular weight is 242 g/mol. The van der Waals surface area contributed by atoms with Crippen molar-refractivity contribution < 1.29 is 4.79 Å². The van der Waals surface area contributed by atoms with E-state index in [4.69, 9.17) is 0 Å². The summed E-state index contributed by atoms with van der Waals surface area (Å²) in [6.07, 6.45) is 4.13. The summed E-state index contributed by atoms with van der Waals surface area (Å²) in [5.74, 6) is 0.843. The SMILES string of the molecule is CC1CC1C(=O)Nc1ccc(-n2cncn2)cc1. The smallest absolute Gasteiger partial charge is 0.227 e. The molecule has 0 aliphatic heterocycles. The fraction of sp³-hybridized carbons (Fsp3) is 0.308. The van der Waals surface area contributed by atoms with Gasteiger partial charge in [-0.25, -0.2) is 9.67 Å². The number of carbonyl (C=O) groups is 1. The standard InChI is InChI=1S/C13H14N4O/c1-9-6-12(9)13(18)16-10-2-4-11(5-3-10)17-8-14-7-15-17/h2-5,7-9,12H,6H2,1H3,(H,16,18). The fourth-order valence-electron chi connectivity index (χ4n) is 1.96. The van der Waals surface area contributed by atoms with Crippen LogP contribution in [0.15, 0.2) is 36.9 Å². The molecule has 3 rings (SSSR count). The van der Waals surface area contributed by atoms with E-state index in [1.807, 2.05) is 24.3 Å². The van der Waals surface area contributed by atoms with Gasteiger partial charge in [0.1, 0.15) is 12.7 Å². The first-order valence-corrected chi connectivity index (χ1v) is 6.00. The van der Waals surface area contributed by atoms with Gasteiger partial charge in [-0.05, 0) is 36.6 Å². The molecule has 2 aromatic rings. The summed E-state index contributed by atoms with van der Waals surface area (Å²) in [4.78, 5) is 15.7. The van der Waals surface area contributed by atoms with Crippen LogP contribution in [0.4, 0.5) is 5.69 Å². The summed E-state index contributed by atoms with van der Waals surface area (Å²) in [5, 5.41) is 6.97. The Labute approximate surface area is 105 Å². The first kappa shape index (κ1) is 11.0. The molecule has 18 heavy (non-hydrogen) atoms. The highest BCUT2D eigenvalue weighted by atomic mass is 16.2. The third-order valence-electron chi connectivity index (χ3n) is 3.26. The monoisotopic (exact) mass is 242 g/mol. The van der Waals surface area contributed by atoms with Crippen LogP contribution in [0.2, 0.25) is 0 Å². The van der Waals surface area contributed by atoms with Crippen molar-refractivity contribution in [3.63, 3.8) is 0 Å². The lowest BCUT2D eigenvalue weighted by molar-refractivity contribution is -0.117. The molecule has 1 aliphatic carbocycles. The van der Waals surface area contributed by atoms with Gasteiger partial charge in [0.25, 0.3) is 0 Å². The van der Waals surface area contributed by atoms with Gasteiger partial charge in [0, 0.05) is 11.6 Å². The lowest BCUT2D eigenvalue weighted by Gasteiger charge is -2.05. The molecule has 0 spiro atoms. The zero-order chi connectivity index (χ0) is 12.5. The van der Waals surface area contributed by atoms with E-state index in [0.717, 1.165) is 17.8 Å². The normalized spacial score (nSPS) is 21.6. The Kier molecular flexibility index (Phi) is 2.59. The highest BCUT2D eigenvalue weighted by Crippen LogP contribution is 2.38. The maximum Gasteiger partial charge on any atom is 0.227 e. The molecule has 1 aromatic heterocycles. The molecule has 2 unspecified atom stereocenters. The minimum absolute atomic E-state index is 0.121. The Hall–Kier alpha value is -2.17. The second-order valence-electron chi connectivity index (χ2n) is 4.70. The number of aromatic nitrogens is 3. The number of benzene rings is 1. The number of hydrogen-bond donors (Lipinski definition) is 1. The Bertz CT molecular complexity index is 547. The molecule has 1 amide bonds. The second-order valence-corrected chi connectivity index (χ2v) is 4.70. The summed E-state index contributed by atoms with van der Waals surface area (Å²) in [7, 11) is 0. The van der Waals surface area contributed by atoms with Gasteiger partial charge in [-0.15, -0.1) is 0 Å². The molecule has 0 radical (unpaired) electrons. The van der Waals surface area contributed by atoms with Gasteiger partial charge in [-0.3, -0.25) is 4.79 Å². The minimum Gasteiger partial charge on any atom is -0.326 e. The molecule has 1 N–H and O–H groups in total. The summed E-state index contributed by atoms with van der Waals surface area (Å²) < 4.78 is 1.68. The van der Waals surface area contributed by atoms with Gasteiger partial charge < -0.3 is 5.32 Å². The van der Waals surface area contributed by atoms with E-state index in [-0.39, 0.29) is 11.8 Å². The molecule has 92 valence electrons. The van der Waals surface area contributed by atoms with E-state index in [0.29, 0.717) is 5.92 Å². The number of anilines is 1. The van der Waals surface area contributed by atoms with Crippen molar-refractivity contribution in [3.8, 4) is 5.69 Å². The quantitative estimate of drug-likeness (QED) is 0.893. The van der Waals surface area contributed by atoms with Crippen LogP contribution >= 0.6 is 0 Å². The number of nitrogens with one attached hydrogen (secondary N) is 1. The molecule has 0 saturated heterocycles. The lowest BCUT2D eigenvalue weighted by Crippen LogP contribution is -2.14. The van der Waals surface area contributed by atoms with Crippen molar-refractivity contribution in [1.82, 2.24) is 14.8 Å². The van der Waals surface area contributed by atoms with E-state index in [2.05, 4.69) is 22.3 Å². The van der Waals surface area contributed by atoms with Crippen LogP contribution in [-0.4, -0.2) is 20.7 Å². The Morgan fingerprint density at radius 3 is 2.67 bits per heavy atom. The van der Waals surface area contributed by atoms with Gasteiger partial charge in [0.2, 0.25) is 5.91 Å². The van der Waals surface area contributed by atoms with Crippen LogP contribution in [0.25, 0.3) is 5.69 Å². The number of nitrogens with zero attached hydrogens (tertiary/aromatic N) is 3. The Morgan fingerprint density at radius 2 is 2.11 bits per heavy atom. The zero-order valence-corrected chi connectivity index (χ0v) is 10.1. The van der Waals surface area contributed by atoms with Gasteiger partial charge in [0.15, 0.2) is 0 Å². The molecular weight excluding hydrogens is 228 g/mol. The molecule has 1 aliphatic rings. The highest BCUT2D eigenvalue weighted by Gasteiger charge is 2.38. The summed E-state index contributed by atoms with van der Waals surface area (Å²) in [6.45, 7) is 2.10. The molecule has 0 bridgehead atoms. The molecule has 1 fully saturated rings. The van der Waals surface area contributed by atoms with Crippen molar-refractivity contribution in [2.75, 3.05) is 5.32 Å². The fourth-order valence-corrected chi connectivity index (χ4v) is 1.96. The molecule has 1 saturated carbocycles.